The van der Waals surface area contributed by atoms with Crippen molar-refractivity contribution in [2.45, 2.75) is 9.83 Å². The lowest BCUT2D eigenvalue weighted by Gasteiger charge is -2.14. The fourth-order valence-electron chi connectivity index (χ4n) is 0.916. The summed E-state index contributed by atoms with van der Waals surface area (Å²) < 4.78 is 19.8. The van der Waals surface area contributed by atoms with Gasteiger partial charge in [-0.1, -0.05) is 34.8 Å². The number of nitrogens with one attached hydrogen (secondary N) is 1. The average molecular weight is 279 g/mol. The van der Waals surface area contributed by atoms with Crippen LogP contribution in [0.15, 0.2) is 11.5 Å². The second kappa shape index (κ2) is 3.89. The Kier molecular flexibility index (Phi) is 3.36. The molecule has 0 aromatic rings. The molecule has 0 aliphatic carbocycles. The summed E-state index contributed by atoms with van der Waals surface area (Å²) >= 11 is 15.8. The summed E-state index contributed by atoms with van der Waals surface area (Å²) in [6.45, 7) is 0. The number of halogens is 3. The largest absolute Gasteiger partial charge is 0.345 e. The van der Waals surface area contributed by atoms with Gasteiger partial charge in [0.25, 0.3) is 9.70 Å². The first kappa shape index (κ1) is 12.1. The molecule has 1 rings (SSSR count). The molecule has 0 aromatic heterocycles. The third-order valence-corrected chi connectivity index (χ3v) is 3.41. The zero-order valence-electron chi connectivity index (χ0n) is 6.71. The maximum Gasteiger partial charge on any atom is 0.272 e. The van der Waals surface area contributed by atoms with Crippen LogP contribution in [-0.2, 0) is 14.6 Å². The lowest BCUT2D eigenvalue weighted by molar-refractivity contribution is -0.120. The minimum absolute atomic E-state index is 0.195. The maximum absolute atomic E-state index is 11.1. The predicted octanol–water partition coefficient (Wildman–Crippen LogP) is 0.784. The van der Waals surface area contributed by atoms with Gasteiger partial charge in [-0.2, -0.15) is 0 Å². The van der Waals surface area contributed by atoms with Crippen molar-refractivity contribution >= 4 is 50.5 Å². The van der Waals surface area contributed by atoms with Crippen molar-refractivity contribution in [1.82, 2.24) is 5.32 Å². The van der Waals surface area contributed by atoms with Crippen molar-refractivity contribution in [3.05, 3.63) is 11.5 Å². The van der Waals surface area contributed by atoms with E-state index in [1.807, 2.05) is 0 Å². The fraction of sp³-hybridized carbons (Fsp3) is 0.500. The van der Waals surface area contributed by atoms with E-state index in [2.05, 4.69) is 5.32 Å². The van der Waals surface area contributed by atoms with E-state index in [0.29, 0.717) is 0 Å². The van der Waals surface area contributed by atoms with Crippen LogP contribution < -0.4 is 5.32 Å². The SMILES string of the molecule is O=C(N[C@@H]1C=CS(=O)(=O)C1)C(Cl)(Cl)Cl. The van der Waals surface area contributed by atoms with Gasteiger partial charge in [0.05, 0.1) is 11.8 Å². The Morgan fingerprint density at radius 2 is 2.00 bits per heavy atom. The van der Waals surface area contributed by atoms with Gasteiger partial charge in [0, 0.05) is 5.41 Å². The highest BCUT2D eigenvalue weighted by Crippen LogP contribution is 2.26. The molecule has 1 aliphatic rings. The van der Waals surface area contributed by atoms with Crippen LogP contribution >= 0.6 is 34.8 Å². The lowest BCUT2D eigenvalue weighted by Crippen LogP contribution is -2.42. The molecule has 0 unspecified atom stereocenters. The van der Waals surface area contributed by atoms with Crippen LogP contribution in [0.25, 0.3) is 0 Å². The molecule has 1 amide bonds. The Morgan fingerprint density at radius 3 is 2.36 bits per heavy atom. The molecule has 80 valence electrons. The van der Waals surface area contributed by atoms with Crippen LogP contribution in [0.5, 0.6) is 0 Å². The lowest BCUT2D eigenvalue weighted by atomic mass is 10.3. The number of rotatable bonds is 1. The Morgan fingerprint density at radius 1 is 1.43 bits per heavy atom. The van der Waals surface area contributed by atoms with Gasteiger partial charge >= 0.3 is 0 Å². The van der Waals surface area contributed by atoms with Crippen LogP contribution in [0.1, 0.15) is 0 Å². The summed E-state index contributed by atoms with van der Waals surface area (Å²) in [5, 5.41) is 3.30. The number of alkyl halides is 3. The van der Waals surface area contributed by atoms with Gasteiger partial charge in [0.2, 0.25) is 0 Å². The summed E-state index contributed by atoms with van der Waals surface area (Å²) in [6, 6.07) is -0.622. The van der Waals surface area contributed by atoms with Crippen molar-refractivity contribution in [3.8, 4) is 0 Å². The quantitative estimate of drug-likeness (QED) is 0.721. The number of hydrogen-bond donors (Lipinski definition) is 1. The number of carbonyl (C=O) groups is 1. The number of hydrogen-bond acceptors (Lipinski definition) is 3. The van der Waals surface area contributed by atoms with E-state index in [4.69, 9.17) is 34.8 Å². The fourth-order valence-corrected chi connectivity index (χ4v) is 2.31. The first-order chi connectivity index (χ1) is 6.21. The van der Waals surface area contributed by atoms with Crippen molar-refractivity contribution in [2.24, 2.45) is 0 Å². The van der Waals surface area contributed by atoms with Crippen LogP contribution in [0.4, 0.5) is 0 Å². The van der Waals surface area contributed by atoms with Crippen molar-refractivity contribution in [2.75, 3.05) is 5.75 Å². The molecule has 1 atom stereocenters. The van der Waals surface area contributed by atoms with Crippen LogP contribution in [0.2, 0.25) is 0 Å². The first-order valence-electron chi connectivity index (χ1n) is 3.49. The molecule has 0 radical (unpaired) electrons. The molecule has 0 aromatic carbocycles. The van der Waals surface area contributed by atoms with E-state index in [0.717, 1.165) is 5.41 Å². The van der Waals surface area contributed by atoms with Crippen LogP contribution in [-0.4, -0.2) is 29.9 Å². The van der Waals surface area contributed by atoms with Crippen molar-refractivity contribution < 1.29 is 13.2 Å². The van der Waals surface area contributed by atoms with E-state index in [-0.39, 0.29) is 5.75 Å². The summed E-state index contributed by atoms with van der Waals surface area (Å²) in [4.78, 5) is 11.1. The molecule has 1 heterocycles. The Bertz CT molecular complexity index is 370. The van der Waals surface area contributed by atoms with Crippen LogP contribution in [0.3, 0.4) is 0 Å². The third-order valence-electron chi connectivity index (χ3n) is 1.50. The molecular weight excluding hydrogens is 272 g/mol. The van der Waals surface area contributed by atoms with Gasteiger partial charge < -0.3 is 5.32 Å². The predicted molar refractivity (Wildman–Crippen MR) is 55.1 cm³/mol. The topological polar surface area (TPSA) is 63.2 Å². The molecular formula is C6H6Cl3NO3S. The molecule has 0 fully saturated rings. The molecule has 1 N–H and O–H groups in total. The highest BCUT2D eigenvalue weighted by Gasteiger charge is 2.33. The highest BCUT2D eigenvalue weighted by atomic mass is 35.6. The summed E-state index contributed by atoms with van der Waals surface area (Å²) in [5.74, 6) is -1.03. The summed E-state index contributed by atoms with van der Waals surface area (Å²) in [7, 11) is -3.21. The summed E-state index contributed by atoms with van der Waals surface area (Å²) in [5.41, 5.74) is 0. The Labute approximate surface area is 96.1 Å². The van der Waals surface area contributed by atoms with Crippen molar-refractivity contribution in [3.63, 3.8) is 0 Å². The van der Waals surface area contributed by atoms with Gasteiger partial charge in [0.15, 0.2) is 9.84 Å². The van der Waals surface area contributed by atoms with Crippen LogP contribution in [0, 0.1) is 0 Å². The Hall–Kier alpha value is 0.0300. The van der Waals surface area contributed by atoms with E-state index in [1.54, 1.807) is 0 Å². The van der Waals surface area contributed by atoms with Crippen molar-refractivity contribution in [1.29, 1.82) is 0 Å². The molecule has 0 saturated heterocycles. The van der Waals surface area contributed by atoms with E-state index >= 15 is 0 Å². The van der Waals surface area contributed by atoms with Gasteiger partial charge in [-0.3, -0.25) is 4.79 Å². The van der Waals surface area contributed by atoms with E-state index in [1.165, 1.54) is 6.08 Å². The molecule has 14 heavy (non-hydrogen) atoms. The standard InChI is InChI=1S/C6H6Cl3NO3S/c7-6(8,9)5(11)10-4-1-2-14(12,13)3-4/h1-2,4H,3H2,(H,10,11)/t4-/m1/s1. The Balaban J connectivity index is 2.58. The number of sulfone groups is 1. The van der Waals surface area contributed by atoms with Gasteiger partial charge in [0.1, 0.15) is 0 Å². The maximum atomic E-state index is 11.1. The highest BCUT2D eigenvalue weighted by molar-refractivity contribution is 7.94. The van der Waals surface area contributed by atoms with Gasteiger partial charge in [-0.25, -0.2) is 8.42 Å². The zero-order valence-corrected chi connectivity index (χ0v) is 9.79. The second-order valence-electron chi connectivity index (χ2n) is 2.74. The smallest absolute Gasteiger partial charge is 0.272 e. The van der Waals surface area contributed by atoms with Gasteiger partial charge in [-0.05, 0) is 6.08 Å². The molecule has 8 heteroatoms. The first-order valence-corrected chi connectivity index (χ1v) is 6.34. The monoisotopic (exact) mass is 277 g/mol. The molecule has 0 spiro atoms. The molecule has 0 bridgehead atoms. The minimum Gasteiger partial charge on any atom is -0.345 e. The minimum atomic E-state index is -3.21. The molecule has 4 nitrogen and oxygen atoms in total. The number of carbonyl (C=O) groups excluding carboxylic acids is 1. The van der Waals surface area contributed by atoms with Gasteiger partial charge in [-0.15, -0.1) is 0 Å². The number of amides is 1. The van der Waals surface area contributed by atoms with E-state index < -0.39 is 25.6 Å². The normalized spacial score (nSPS) is 24.9. The zero-order chi connectivity index (χ0) is 11.0. The van der Waals surface area contributed by atoms with E-state index in [9.17, 15) is 13.2 Å². The average Bonchev–Trinajstić information content (AvgIpc) is 2.28. The summed E-state index contributed by atoms with van der Waals surface area (Å²) in [6.07, 6.45) is 1.34. The third kappa shape index (κ3) is 3.31. The second-order valence-corrected chi connectivity index (χ2v) is 6.95. The molecule has 0 saturated carbocycles. The molecule has 1 aliphatic heterocycles.